The first kappa shape index (κ1) is 13.5. The van der Waals surface area contributed by atoms with E-state index in [0.717, 1.165) is 31.4 Å². The van der Waals surface area contributed by atoms with E-state index >= 15 is 0 Å². The maximum Gasteiger partial charge on any atom is 0.123 e. The van der Waals surface area contributed by atoms with Crippen molar-refractivity contribution in [2.24, 2.45) is 5.16 Å². The van der Waals surface area contributed by atoms with Gasteiger partial charge in [0.1, 0.15) is 5.82 Å². The molecule has 1 aromatic rings. The molecule has 2 rings (SSSR count). The standard InChI is InChI=1S/C14H15FN2O2/c15-12-2-1-10(8-16)11(7-12)9-19-14-5-3-13(17-18)4-6-14/h1-2,7,14,18H,3-6,9H2. The number of ether oxygens (including phenoxy) is 1. The van der Waals surface area contributed by atoms with Crippen molar-refractivity contribution < 1.29 is 14.3 Å². The normalized spacial score (nSPS) is 18.9. The number of hydrogen-bond donors (Lipinski definition) is 1. The monoisotopic (exact) mass is 262 g/mol. The predicted molar refractivity (Wildman–Crippen MR) is 67.4 cm³/mol. The molecule has 5 heteroatoms. The van der Waals surface area contributed by atoms with Gasteiger partial charge < -0.3 is 9.94 Å². The summed E-state index contributed by atoms with van der Waals surface area (Å²) in [6.07, 6.45) is 3.08. The van der Waals surface area contributed by atoms with Gasteiger partial charge in [-0.15, -0.1) is 0 Å². The topological polar surface area (TPSA) is 65.6 Å². The molecule has 0 aliphatic heterocycles. The summed E-state index contributed by atoms with van der Waals surface area (Å²) in [7, 11) is 0. The molecule has 0 radical (unpaired) electrons. The van der Waals surface area contributed by atoms with Crippen LogP contribution >= 0.6 is 0 Å². The fourth-order valence-corrected chi connectivity index (χ4v) is 2.19. The molecule has 1 saturated carbocycles. The van der Waals surface area contributed by atoms with Crippen LogP contribution in [-0.2, 0) is 11.3 Å². The summed E-state index contributed by atoms with van der Waals surface area (Å²) in [5.41, 5.74) is 1.81. The van der Waals surface area contributed by atoms with Gasteiger partial charge in [0.25, 0.3) is 0 Å². The molecule has 0 spiro atoms. The van der Waals surface area contributed by atoms with Gasteiger partial charge in [0.2, 0.25) is 0 Å². The number of halogens is 1. The predicted octanol–water partition coefficient (Wildman–Crippen LogP) is 2.99. The van der Waals surface area contributed by atoms with Gasteiger partial charge in [-0.25, -0.2) is 4.39 Å². The first-order valence-corrected chi connectivity index (χ1v) is 6.23. The van der Waals surface area contributed by atoms with E-state index in [0.29, 0.717) is 11.1 Å². The largest absolute Gasteiger partial charge is 0.411 e. The van der Waals surface area contributed by atoms with Crippen LogP contribution in [0, 0.1) is 17.1 Å². The lowest BCUT2D eigenvalue weighted by atomic mass is 9.96. The Balaban J connectivity index is 1.93. The Hall–Kier alpha value is -1.93. The van der Waals surface area contributed by atoms with Crippen molar-refractivity contribution in [1.29, 1.82) is 5.26 Å². The highest BCUT2D eigenvalue weighted by Crippen LogP contribution is 2.21. The van der Waals surface area contributed by atoms with Crippen molar-refractivity contribution in [3.8, 4) is 6.07 Å². The Morgan fingerprint density at radius 2 is 2.16 bits per heavy atom. The van der Waals surface area contributed by atoms with E-state index in [1.54, 1.807) is 0 Å². The lowest BCUT2D eigenvalue weighted by Gasteiger charge is -2.22. The third-order valence-corrected chi connectivity index (χ3v) is 3.31. The molecule has 0 atom stereocenters. The lowest BCUT2D eigenvalue weighted by Crippen LogP contribution is -2.21. The average Bonchev–Trinajstić information content (AvgIpc) is 2.46. The van der Waals surface area contributed by atoms with Crippen LogP contribution in [0.25, 0.3) is 0 Å². The molecule has 19 heavy (non-hydrogen) atoms. The second kappa shape index (κ2) is 6.30. The Kier molecular flexibility index (Phi) is 4.48. The maximum absolute atomic E-state index is 13.1. The van der Waals surface area contributed by atoms with Crippen LogP contribution < -0.4 is 0 Å². The van der Waals surface area contributed by atoms with Gasteiger partial charge in [-0.1, -0.05) is 5.16 Å². The van der Waals surface area contributed by atoms with E-state index in [1.165, 1.54) is 18.2 Å². The molecular weight excluding hydrogens is 247 g/mol. The molecule has 100 valence electrons. The molecule has 0 amide bonds. The van der Waals surface area contributed by atoms with E-state index in [9.17, 15) is 4.39 Å². The Labute approximate surface area is 111 Å². The average molecular weight is 262 g/mol. The van der Waals surface area contributed by atoms with E-state index < -0.39 is 0 Å². The van der Waals surface area contributed by atoms with Gasteiger partial charge in [-0.2, -0.15) is 5.26 Å². The van der Waals surface area contributed by atoms with Gasteiger partial charge in [-0.05, 0) is 49.4 Å². The number of nitriles is 1. The fraction of sp³-hybridized carbons (Fsp3) is 0.429. The van der Waals surface area contributed by atoms with Crippen LogP contribution in [-0.4, -0.2) is 17.0 Å². The smallest absolute Gasteiger partial charge is 0.123 e. The number of oxime groups is 1. The van der Waals surface area contributed by atoms with Crippen LogP contribution in [0.15, 0.2) is 23.4 Å². The molecule has 1 aliphatic rings. The summed E-state index contributed by atoms with van der Waals surface area (Å²) in [5, 5.41) is 20.8. The first-order valence-electron chi connectivity index (χ1n) is 6.23. The summed E-state index contributed by atoms with van der Waals surface area (Å²) >= 11 is 0. The molecule has 1 aromatic carbocycles. The minimum Gasteiger partial charge on any atom is -0.411 e. The third-order valence-electron chi connectivity index (χ3n) is 3.31. The van der Waals surface area contributed by atoms with E-state index in [1.807, 2.05) is 6.07 Å². The Morgan fingerprint density at radius 3 is 2.79 bits per heavy atom. The molecular formula is C14H15FN2O2. The van der Waals surface area contributed by atoms with Gasteiger partial charge in [-0.3, -0.25) is 0 Å². The van der Waals surface area contributed by atoms with Crippen molar-refractivity contribution in [2.75, 3.05) is 0 Å². The molecule has 1 aliphatic carbocycles. The second-order valence-electron chi connectivity index (χ2n) is 4.59. The van der Waals surface area contributed by atoms with Crippen LogP contribution in [0.1, 0.15) is 36.8 Å². The van der Waals surface area contributed by atoms with Crippen molar-refractivity contribution in [2.45, 2.75) is 38.4 Å². The second-order valence-corrected chi connectivity index (χ2v) is 4.59. The zero-order chi connectivity index (χ0) is 13.7. The molecule has 0 bridgehead atoms. The molecule has 0 unspecified atom stereocenters. The van der Waals surface area contributed by atoms with Gasteiger partial charge in [0, 0.05) is 0 Å². The summed E-state index contributed by atoms with van der Waals surface area (Å²) in [4.78, 5) is 0. The minimum atomic E-state index is -0.365. The molecule has 1 N–H and O–H groups in total. The quantitative estimate of drug-likeness (QED) is 0.672. The van der Waals surface area contributed by atoms with Crippen LogP contribution in [0.5, 0.6) is 0 Å². The highest BCUT2D eigenvalue weighted by molar-refractivity contribution is 5.84. The van der Waals surface area contributed by atoms with Crippen molar-refractivity contribution in [3.63, 3.8) is 0 Å². The zero-order valence-corrected chi connectivity index (χ0v) is 10.5. The zero-order valence-electron chi connectivity index (χ0n) is 10.5. The van der Waals surface area contributed by atoms with E-state index in [2.05, 4.69) is 5.16 Å². The fourth-order valence-electron chi connectivity index (χ4n) is 2.19. The minimum absolute atomic E-state index is 0.0697. The first-order chi connectivity index (χ1) is 9.22. The molecule has 4 nitrogen and oxygen atoms in total. The molecule has 1 fully saturated rings. The highest BCUT2D eigenvalue weighted by Gasteiger charge is 2.19. The van der Waals surface area contributed by atoms with Crippen LogP contribution in [0.3, 0.4) is 0 Å². The van der Waals surface area contributed by atoms with Crippen molar-refractivity contribution in [3.05, 3.63) is 35.1 Å². The van der Waals surface area contributed by atoms with Gasteiger partial charge >= 0.3 is 0 Å². The van der Waals surface area contributed by atoms with E-state index in [4.69, 9.17) is 15.2 Å². The van der Waals surface area contributed by atoms with Crippen molar-refractivity contribution >= 4 is 5.71 Å². The molecule has 0 heterocycles. The number of rotatable bonds is 3. The Bertz CT molecular complexity index is 513. The van der Waals surface area contributed by atoms with E-state index in [-0.39, 0.29) is 18.5 Å². The summed E-state index contributed by atoms with van der Waals surface area (Å²) in [6, 6.07) is 6.10. The van der Waals surface area contributed by atoms with Gasteiger partial charge in [0.05, 0.1) is 30.1 Å². The molecule has 0 aromatic heterocycles. The number of nitrogens with zero attached hydrogens (tertiary/aromatic N) is 2. The highest BCUT2D eigenvalue weighted by atomic mass is 19.1. The maximum atomic E-state index is 13.1. The van der Waals surface area contributed by atoms with Crippen LogP contribution in [0.2, 0.25) is 0 Å². The Morgan fingerprint density at radius 1 is 1.42 bits per heavy atom. The van der Waals surface area contributed by atoms with Gasteiger partial charge in [0.15, 0.2) is 0 Å². The summed E-state index contributed by atoms with van der Waals surface area (Å²) in [6.45, 7) is 0.233. The SMILES string of the molecule is N#Cc1ccc(F)cc1COC1CCC(=NO)CC1. The summed E-state index contributed by atoms with van der Waals surface area (Å²) < 4.78 is 18.8. The van der Waals surface area contributed by atoms with Crippen molar-refractivity contribution in [1.82, 2.24) is 0 Å². The third kappa shape index (κ3) is 3.52. The van der Waals surface area contributed by atoms with Crippen LogP contribution in [0.4, 0.5) is 4.39 Å². The number of hydrogen-bond acceptors (Lipinski definition) is 4. The number of benzene rings is 1. The summed E-state index contributed by atoms with van der Waals surface area (Å²) in [5.74, 6) is -0.365. The molecule has 0 saturated heterocycles. The lowest BCUT2D eigenvalue weighted by molar-refractivity contribution is 0.0275.